The Morgan fingerprint density at radius 2 is 2.25 bits per heavy atom. The van der Waals surface area contributed by atoms with Gasteiger partial charge in [0, 0.05) is 0 Å². The van der Waals surface area contributed by atoms with E-state index in [4.69, 9.17) is 24.4 Å². The van der Waals surface area contributed by atoms with Gasteiger partial charge in [-0.05, 0) is 0 Å². The van der Waals surface area contributed by atoms with Crippen LogP contribution in [0.15, 0.2) is 12.7 Å². The van der Waals surface area contributed by atoms with E-state index in [1.165, 1.54) is 17.2 Å². The van der Waals surface area contributed by atoms with Crippen LogP contribution in [0, 0.1) is 0 Å². The summed E-state index contributed by atoms with van der Waals surface area (Å²) in [5, 5.41) is 10.4. The molecular formula is C10H13N5O7P2. The fourth-order valence-electron chi connectivity index (χ4n) is 2.51. The number of nitrogens with two attached hydrogens (primary N) is 1. The van der Waals surface area contributed by atoms with E-state index in [0.29, 0.717) is 11.2 Å². The third kappa shape index (κ3) is 3.17. The highest BCUT2D eigenvalue weighted by atomic mass is 31.1. The number of fused-ring (bicyclic) bond motifs is 1. The highest BCUT2D eigenvalue weighted by Crippen LogP contribution is 2.37. The zero-order valence-corrected chi connectivity index (χ0v) is 13.8. The molecule has 0 bridgehead atoms. The molecular weight excluding hydrogens is 364 g/mol. The van der Waals surface area contributed by atoms with Crippen molar-refractivity contribution in [2.24, 2.45) is 0 Å². The molecule has 1 saturated heterocycles. The van der Waals surface area contributed by atoms with Gasteiger partial charge in [-0.2, -0.15) is 0 Å². The van der Waals surface area contributed by atoms with Crippen molar-refractivity contribution < 1.29 is 32.9 Å². The molecule has 5 atom stereocenters. The van der Waals surface area contributed by atoms with Crippen LogP contribution >= 0.6 is 16.9 Å². The number of aliphatic hydroxyl groups excluding tert-OH is 1. The van der Waals surface area contributed by atoms with Crippen LogP contribution in [0.2, 0.25) is 0 Å². The molecule has 1 aliphatic rings. The number of nitrogen functional groups attached to an aromatic ring is 1. The van der Waals surface area contributed by atoms with Gasteiger partial charge in [0.05, 0.1) is 12.9 Å². The molecule has 0 aliphatic carbocycles. The van der Waals surface area contributed by atoms with Gasteiger partial charge in [0.15, 0.2) is 17.7 Å². The summed E-state index contributed by atoms with van der Waals surface area (Å²) in [5.74, 6) is 0.157. The van der Waals surface area contributed by atoms with Crippen molar-refractivity contribution in [1.29, 1.82) is 0 Å². The van der Waals surface area contributed by atoms with E-state index in [0.717, 1.165) is 0 Å². The molecule has 14 heteroatoms. The van der Waals surface area contributed by atoms with E-state index in [2.05, 4.69) is 15.0 Å². The second kappa shape index (κ2) is 7.16. The second-order valence-corrected chi connectivity index (χ2v) is 6.03. The first-order valence-electron chi connectivity index (χ1n) is 6.63. The van der Waals surface area contributed by atoms with Crippen molar-refractivity contribution >= 4 is 33.9 Å². The monoisotopic (exact) mass is 377 g/mol. The van der Waals surface area contributed by atoms with Crippen molar-refractivity contribution in [2.45, 2.75) is 24.5 Å². The molecule has 0 aromatic carbocycles. The normalized spacial score (nSPS) is 28.6. The van der Waals surface area contributed by atoms with Crippen LogP contribution in [0.25, 0.3) is 11.2 Å². The van der Waals surface area contributed by atoms with E-state index in [-0.39, 0.29) is 12.4 Å². The van der Waals surface area contributed by atoms with Crippen LogP contribution in [0.5, 0.6) is 0 Å². The molecule has 2 unspecified atom stereocenters. The summed E-state index contributed by atoms with van der Waals surface area (Å²) in [7, 11) is -3.94. The molecule has 4 N–H and O–H groups in total. The first kappa shape index (κ1) is 17.3. The average molecular weight is 377 g/mol. The molecule has 24 heavy (non-hydrogen) atoms. The average Bonchev–Trinajstić information content (AvgIpc) is 3.09. The summed E-state index contributed by atoms with van der Waals surface area (Å²) in [6.07, 6.45) is -1.86. The van der Waals surface area contributed by atoms with Crippen molar-refractivity contribution in [3.05, 3.63) is 12.7 Å². The highest BCUT2D eigenvalue weighted by molar-refractivity contribution is 7.32. The number of aromatic nitrogens is 4. The van der Waals surface area contributed by atoms with E-state index in [1.807, 2.05) is 0 Å². The Morgan fingerprint density at radius 3 is 2.96 bits per heavy atom. The molecule has 0 spiro atoms. The minimum absolute atomic E-state index is 0.157. The zero-order chi connectivity index (χ0) is 17.3. The molecule has 0 saturated carbocycles. The van der Waals surface area contributed by atoms with Gasteiger partial charge in [-0.25, -0.2) is 19.5 Å². The molecule has 3 rings (SSSR count). The first-order chi connectivity index (χ1) is 11.5. The summed E-state index contributed by atoms with van der Waals surface area (Å²) < 4.78 is 38.0. The van der Waals surface area contributed by atoms with Gasteiger partial charge < -0.3 is 25.0 Å². The smallest absolute Gasteiger partial charge is 0.327 e. The summed E-state index contributed by atoms with van der Waals surface area (Å²) >= 11 is 0. The van der Waals surface area contributed by atoms with Gasteiger partial charge >= 0.3 is 16.9 Å². The maximum absolute atomic E-state index is 11.0. The van der Waals surface area contributed by atoms with E-state index >= 15 is 0 Å². The molecule has 1 fully saturated rings. The minimum Gasteiger partial charge on any atom is -0.386 e. The quantitative estimate of drug-likeness (QED) is 0.562. The van der Waals surface area contributed by atoms with Gasteiger partial charge in [-0.15, -0.1) is 0 Å². The highest BCUT2D eigenvalue weighted by Gasteiger charge is 2.47. The topological polar surface area (TPSA) is 172 Å². The molecule has 2 aromatic rings. The Kier molecular flexibility index (Phi) is 5.16. The van der Waals surface area contributed by atoms with Crippen LogP contribution in [-0.2, 0) is 22.9 Å². The van der Waals surface area contributed by atoms with Crippen LogP contribution in [0.4, 0.5) is 5.82 Å². The van der Waals surface area contributed by atoms with Gasteiger partial charge in [0.25, 0.3) is 0 Å². The van der Waals surface area contributed by atoms with Gasteiger partial charge in [-0.3, -0.25) is 13.7 Å². The standard InChI is InChI=1S/C10H13N5O7P2/c11-8-5-9(13-2-12-8)15(3-14-5)10-6(16)7(22-24(18)19)4(21-10)1-20-23-17/h2-4,6-7,10,16,24H,1H2,(H,18,19)(H2,11,12,13)/t4-,6+,7?,10-/m1/s1. The number of imidazole rings is 1. The lowest BCUT2D eigenvalue weighted by molar-refractivity contribution is -0.0457. The summed E-state index contributed by atoms with van der Waals surface area (Å²) in [5.41, 5.74) is 6.34. The third-order valence-electron chi connectivity index (χ3n) is 3.50. The number of anilines is 1. The predicted octanol–water partition coefficient (Wildman–Crippen LogP) is -0.343. The number of nitrogens with zero attached hydrogens (tertiary/aromatic N) is 4. The minimum atomic E-state index is -3.34. The lowest BCUT2D eigenvalue weighted by atomic mass is 10.1. The molecule has 1 aliphatic heterocycles. The summed E-state index contributed by atoms with van der Waals surface area (Å²) in [4.78, 5) is 20.9. The first-order valence-corrected chi connectivity index (χ1v) is 8.63. The van der Waals surface area contributed by atoms with Crippen molar-refractivity contribution in [1.82, 2.24) is 19.5 Å². The van der Waals surface area contributed by atoms with Crippen molar-refractivity contribution in [3.63, 3.8) is 0 Å². The molecule has 130 valence electrons. The number of ether oxygens (including phenoxy) is 1. The Labute approximate surface area is 136 Å². The van der Waals surface area contributed by atoms with Gasteiger partial charge in [0.1, 0.15) is 30.2 Å². The maximum atomic E-state index is 11.0. The Morgan fingerprint density at radius 1 is 1.46 bits per heavy atom. The van der Waals surface area contributed by atoms with Crippen molar-refractivity contribution in [3.8, 4) is 0 Å². The summed E-state index contributed by atoms with van der Waals surface area (Å²) in [6.45, 7) is -0.220. The van der Waals surface area contributed by atoms with Crippen LogP contribution in [-0.4, -0.2) is 54.4 Å². The molecule has 3 heterocycles. The fourth-order valence-corrected chi connectivity index (χ4v) is 3.24. The molecule has 12 nitrogen and oxygen atoms in total. The zero-order valence-electron chi connectivity index (χ0n) is 11.9. The van der Waals surface area contributed by atoms with Gasteiger partial charge in [0.2, 0.25) is 0 Å². The fraction of sp³-hybridized carbons (Fsp3) is 0.500. The predicted molar refractivity (Wildman–Crippen MR) is 79.3 cm³/mol. The van der Waals surface area contributed by atoms with E-state index < -0.39 is 41.5 Å². The van der Waals surface area contributed by atoms with Gasteiger partial charge in [-0.1, -0.05) is 0 Å². The van der Waals surface area contributed by atoms with Crippen molar-refractivity contribution in [2.75, 3.05) is 12.3 Å². The Hall–Kier alpha value is -1.52. The number of aliphatic hydroxyl groups is 1. The SMILES string of the molecule is Nc1ncnc2c1ncn2[C@@H]1O[C@H](COP=O)C(O[PH](=O)O)[C@@H]1O. The Bertz CT molecular complexity index is 773. The summed E-state index contributed by atoms with van der Waals surface area (Å²) in [6, 6.07) is 0. The van der Waals surface area contributed by atoms with Crippen LogP contribution in [0.1, 0.15) is 6.23 Å². The van der Waals surface area contributed by atoms with E-state index in [9.17, 15) is 14.2 Å². The lowest BCUT2D eigenvalue weighted by Gasteiger charge is -2.18. The Balaban J connectivity index is 1.93. The largest absolute Gasteiger partial charge is 0.386 e. The number of hydrogen-bond donors (Lipinski definition) is 3. The molecule has 2 aromatic heterocycles. The van der Waals surface area contributed by atoms with E-state index in [1.54, 1.807) is 0 Å². The molecule has 0 amide bonds. The molecule has 0 radical (unpaired) electrons. The number of rotatable bonds is 6. The lowest BCUT2D eigenvalue weighted by Crippen LogP contribution is -2.34. The second-order valence-electron chi connectivity index (χ2n) is 4.86. The number of hydrogen-bond acceptors (Lipinski definition) is 10. The van der Waals surface area contributed by atoms with Crippen LogP contribution < -0.4 is 5.73 Å². The maximum Gasteiger partial charge on any atom is 0.327 e. The third-order valence-corrected chi connectivity index (χ3v) is 4.23. The van der Waals surface area contributed by atoms with Crippen LogP contribution in [0.3, 0.4) is 0 Å².